The third kappa shape index (κ3) is 2.85. The molecule has 0 bridgehead atoms. The van der Waals surface area contributed by atoms with Crippen LogP contribution in [0.3, 0.4) is 0 Å². The summed E-state index contributed by atoms with van der Waals surface area (Å²) in [5.74, 6) is -0.569. The molecular formula is C15H13NO5S. The van der Waals surface area contributed by atoms with Crippen LogP contribution in [0.15, 0.2) is 24.3 Å². The van der Waals surface area contributed by atoms with E-state index in [0.29, 0.717) is 23.1 Å². The first-order valence-corrected chi connectivity index (χ1v) is 7.78. The molecule has 6 nitrogen and oxygen atoms in total. The van der Waals surface area contributed by atoms with Crippen molar-refractivity contribution in [1.29, 1.82) is 0 Å². The summed E-state index contributed by atoms with van der Waals surface area (Å²) in [7, 11) is 0. The maximum atomic E-state index is 12.1. The smallest absolute Gasteiger partial charge is 0.349 e. The number of nitro groups is 1. The number of carbonyl (C=O) groups is 2. The highest BCUT2D eigenvalue weighted by atomic mass is 32.1. The highest BCUT2D eigenvalue weighted by molar-refractivity contribution is 7.20. The predicted molar refractivity (Wildman–Crippen MR) is 81.2 cm³/mol. The fourth-order valence-electron chi connectivity index (χ4n) is 2.51. The molecular weight excluding hydrogens is 306 g/mol. The average molecular weight is 319 g/mol. The molecule has 0 N–H and O–H groups in total. The summed E-state index contributed by atoms with van der Waals surface area (Å²) in [6.45, 7) is 0. The van der Waals surface area contributed by atoms with Crippen molar-refractivity contribution in [3.8, 4) is 0 Å². The highest BCUT2D eigenvalue weighted by Gasteiger charge is 2.27. The number of nitrogens with zero attached hydrogens (tertiary/aromatic N) is 1. The van der Waals surface area contributed by atoms with Gasteiger partial charge in [0, 0.05) is 28.6 Å². The molecule has 114 valence electrons. The molecule has 1 atom stereocenters. The van der Waals surface area contributed by atoms with E-state index >= 15 is 0 Å². The number of hydrogen-bond acceptors (Lipinski definition) is 6. The zero-order chi connectivity index (χ0) is 15.7. The van der Waals surface area contributed by atoms with Crippen molar-refractivity contribution in [2.75, 3.05) is 0 Å². The van der Waals surface area contributed by atoms with Gasteiger partial charge in [-0.3, -0.25) is 14.9 Å². The van der Waals surface area contributed by atoms with Crippen LogP contribution in [0.4, 0.5) is 5.69 Å². The normalized spacial score (nSPS) is 18.4. The molecule has 1 aliphatic carbocycles. The van der Waals surface area contributed by atoms with E-state index in [2.05, 4.69) is 0 Å². The third-order valence-corrected chi connectivity index (χ3v) is 4.76. The van der Waals surface area contributed by atoms with Gasteiger partial charge in [-0.25, -0.2) is 4.79 Å². The third-order valence-electron chi connectivity index (χ3n) is 3.66. The molecule has 1 aromatic carbocycles. The first-order valence-electron chi connectivity index (χ1n) is 6.96. The van der Waals surface area contributed by atoms with Crippen LogP contribution in [0.2, 0.25) is 0 Å². The fourth-order valence-corrected chi connectivity index (χ4v) is 3.43. The number of Topliss-reactive ketones (excluding diaryl/α,β-unsaturated/α-hetero) is 1. The molecule has 0 amide bonds. The van der Waals surface area contributed by atoms with Crippen LogP contribution in [0.25, 0.3) is 10.1 Å². The number of ketones is 1. The van der Waals surface area contributed by atoms with Gasteiger partial charge in [0.05, 0.1) is 4.92 Å². The molecule has 0 spiro atoms. The van der Waals surface area contributed by atoms with E-state index in [4.69, 9.17) is 4.74 Å². The monoisotopic (exact) mass is 319 g/mol. The molecule has 1 fully saturated rings. The summed E-state index contributed by atoms with van der Waals surface area (Å²) >= 11 is 1.21. The van der Waals surface area contributed by atoms with Crippen molar-refractivity contribution in [2.24, 2.45) is 0 Å². The quantitative estimate of drug-likeness (QED) is 0.491. The molecule has 0 aliphatic heterocycles. The van der Waals surface area contributed by atoms with Crippen LogP contribution < -0.4 is 0 Å². The highest BCUT2D eigenvalue weighted by Crippen LogP contribution is 2.30. The lowest BCUT2D eigenvalue weighted by molar-refractivity contribution is -0.384. The van der Waals surface area contributed by atoms with Gasteiger partial charge >= 0.3 is 5.97 Å². The van der Waals surface area contributed by atoms with Crippen molar-refractivity contribution in [3.05, 3.63) is 39.3 Å². The van der Waals surface area contributed by atoms with Gasteiger partial charge in [-0.2, -0.15) is 0 Å². The number of esters is 1. The molecule has 7 heteroatoms. The summed E-state index contributed by atoms with van der Waals surface area (Å²) in [5, 5.41) is 11.4. The van der Waals surface area contributed by atoms with E-state index in [1.54, 1.807) is 12.1 Å². The minimum Gasteiger partial charge on any atom is -0.450 e. The lowest BCUT2D eigenvalue weighted by Crippen LogP contribution is -2.29. The Balaban J connectivity index is 1.81. The first-order chi connectivity index (χ1) is 10.5. The van der Waals surface area contributed by atoms with Crippen molar-refractivity contribution >= 4 is 38.9 Å². The maximum absolute atomic E-state index is 12.1. The van der Waals surface area contributed by atoms with E-state index in [1.807, 2.05) is 0 Å². The minimum atomic E-state index is -0.652. The molecule has 3 rings (SSSR count). The number of carbonyl (C=O) groups excluding carboxylic acids is 2. The Morgan fingerprint density at radius 1 is 1.32 bits per heavy atom. The molecule has 1 heterocycles. The molecule has 0 unspecified atom stereocenters. The molecule has 1 saturated carbocycles. The van der Waals surface area contributed by atoms with Crippen LogP contribution >= 0.6 is 11.3 Å². The Morgan fingerprint density at radius 3 is 2.86 bits per heavy atom. The largest absolute Gasteiger partial charge is 0.450 e. The number of rotatable bonds is 3. The minimum absolute atomic E-state index is 0.0207. The first kappa shape index (κ1) is 14.6. The zero-order valence-corrected chi connectivity index (χ0v) is 12.4. The van der Waals surface area contributed by atoms with Crippen molar-refractivity contribution in [3.63, 3.8) is 0 Å². The number of non-ortho nitro benzene ring substituents is 1. The van der Waals surface area contributed by atoms with E-state index < -0.39 is 17.0 Å². The van der Waals surface area contributed by atoms with Gasteiger partial charge in [0.2, 0.25) is 0 Å². The Kier molecular flexibility index (Phi) is 3.89. The Hall–Kier alpha value is -2.28. The zero-order valence-electron chi connectivity index (χ0n) is 11.6. The SMILES string of the molecule is O=C(O[C@H]1CCCCC1=O)c1cc2cc([N+](=O)[O-])ccc2s1. The van der Waals surface area contributed by atoms with Crippen LogP contribution in [-0.2, 0) is 9.53 Å². The van der Waals surface area contributed by atoms with Crippen LogP contribution in [0, 0.1) is 10.1 Å². The summed E-state index contributed by atoms with van der Waals surface area (Å²) in [6, 6.07) is 6.01. The number of fused-ring (bicyclic) bond motifs is 1. The summed E-state index contributed by atoms with van der Waals surface area (Å²) in [4.78, 5) is 34.5. The van der Waals surface area contributed by atoms with E-state index in [-0.39, 0.29) is 11.5 Å². The predicted octanol–water partition coefficient (Wildman–Crippen LogP) is 3.48. The summed E-state index contributed by atoms with van der Waals surface area (Å²) in [6.07, 6.45) is 2.10. The molecule has 1 aromatic heterocycles. The summed E-state index contributed by atoms with van der Waals surface area (Å²) in [5.41, 5.74) is -0.0207. The second-order valence-corrected chi connectivity index (χ2v) is 6.28. The standard InChI is InChI=1S/C15H13NO5S/c17-11-3-1-2-4-12(11)21-15(18)14-8-9-7-10(16(19)20)5-6-13(9)22-14/h5-8,12H,1-4H2/t12-/m0/s1. The van der Waals surface area contributed by atoms with E-state index in [1.165, 1.54) is 23.5 Å². The fraction of sp³-hybridized carbons (Fsp3) is 0.333. The van der Waals surface area contributed by atoms with Gasteiger partial charge in [-0.1, -0.05) is 0 Å². The molecule has 22 heavy (non-hydrogen) atoms. The number of thiophene rings is 1. The van der Waals surface area contributed by atoms with Crippen molar-refractivity contribution in [2.45, 2.75) is 31.8 Å². The molecule has 1 aliphatic rings. The van der Waals surface area contributed by atoms with Gasteiger partial charge in [0.1, 0.15) is 4.88 Å². The van der Waals surface area contributed by atoms with Gasteiger partial charge in [0.25, 0.3) is 5.69 Å². The number of ether oxygens (including phenoxy) is 1. The number of nitro benzene ring substituents is 1. The Bertz CT molecular complexity index is 766. The molecule has 0 saturated heterocycles. The second kappa shape index (κ2) is 5.84. The lowest BCUT2D eigenvalue weighted by atomic mass is 9.96. The van der Waals surface area contributed by atoms with Gasteiger partial charge in [-0.15, -0.1) is 11.3 Å². The van der Waals surface area contributed by atoms with Gasteiger partial charge < -0.3 is 4.74 Å². The second-order valence-electron chi connectivity index (χ2n) is 5.20. The molecule has 2 aromatic rings. The van der Waals surface area contributed by atoms with E-state index in [0.717, 1.165) is 17.5 Å². The average Bonchev–Trinajstić information content (AvgIpc) is 2.92. The van der Waals surface area contributed by atoms with Crippen molar-refractivity contribution in [1.82, 2.24) is 0 Å². The topological polar surface area (TPSA) is 86.5 Å². The Morgan fingerprint density at radius 2 is 2.14 bits per heavy atom. The number of benzene rings is 1. The van der Waals surface area contributed by atoms with Gasteiger partial charge in [0.15, 0.2) is 11.9 Å². The van der Waals surface area contributed by atoms with Crippen LogP contribution in [0.5, 0.6) is 0 Å². The molecule has 0 radical (unpaired) electrons. The van der Waals surface area contributed by atoms with E-state index in [9.17, 15) is 19.7 Å². The summed E-state index contributed by atoms with van der Waals surface area (Å²) < 4.78 is 6.06. The van der Waals surface area contributed by atoms with Gasteiger partial charge in [-0.05, 0) is 31.4 Å². The Labute approximate surface area is 129 Å². The number of hydrogen-bond donors (Lipinski definition) is 0. The maximum Gasteiger partial charge on any atom is 0.349 e. The lowest BCUT2D eigenvalue weighted by Gasteiger charge is -2.20. The van der Waals surface area contributed by atoms with Crippen molar-refractivity contribution < 1.29 is 19.2 Å². The van der Waals surface area contributed by atoms with Crippen LogP contribution in [0.1, 0.15) is 35.4 Å². The van der Waals surface area contributed by atoms with Crippen LogP contribution in [-0.4, -0.2) is 22.8 Å².